The number of methoxy groups -OCH3 is 1. The van der Waals surface area contributed by atoms with Gasteiger partial charge in [-0.15, -0.1) is 0 Å². The van der Waals surface area contributed by atoms with Crippen LogP contribution in [0.1, 0.15) is 44.4 Å². The van der Waals surface area contributed by atoms with Crippen molar-refractivity contribution in [3.05, 3.63) is 29.0 Å². The number of hydrogen-bond acceptors (Lipinski definition) is 6. The van der Waals surface area contributed by atoms with Crippen LogP contribution in [-0.2, 0) is 22.3 Å². The van der Waals surface area contributed by atoms with E-state index in [-0.39, 0.29) is 10.8 Å². The summed E-state index contributed by atoms with van der Waals surface area (Å²) >= 11 is 1.31. The molecule has 0 radical (unpaired) electrons. The van der Waals surface area contributed by atoms with Crippen LogP contribution in [0.15, 0.2) is 18.3 Å². The SMILES string of the molecule is COCc1cc(-c2nsc([C@@H](C)N[S@@](=O)C(C)(C)C)n2)ccn1. The van der Waals surface area contributed by atoms with Crippen molar-refractivity contribution in [2.24, 2.45) is 0 Å². The van der Waals surface area contributed by atoms with E-state index in [1.807, 2.05) is 39.8 Å². The van der Waals surface area contributed by atoms with Crippen LogP contribution in [0.3, 0.4) is 0 Å². The Bertz CT molecular complexity index is 682. The zero-order valence-corrected chi connectivity index (χ0v) is 15.6. The minimum atomic E-state index is -1.15. The number of nitrogens with one attached hydrogen (secondary N) is 1. The van der Waals surface area contributed by atoms with E-state index in [0.717, 1.165) is 16.3 Å². The molecule has 6 nitrogen and oxygen atoms in total. The molecule has 0 aliphatic rings. The van der Waals surface area contributed by atoms with Crippen LogP contribution in [-0.4, -0.2) is 30.4 Å². The van der Waals surface area contributed by atoms with Gasteiger partial charge in [0.15, 0.2) is 5.82 Å². The Kier molecular flexibility index (Phi) is 5.96. The molecule has 1 N–H and O–H groups in total. The van der Waals surface area contributed by atoms with Gasteiger partial charge in [-0.05, 0) is 51.4 Å². The lowest BCUT2D eigenvalue weighted by Crippen LogP contribution is -2.34. The maximum atomic E-state index is 12.2. The molecular weight excluding hydrogens is 332 g/mol. The monoisotopic (exact) mass is 354 g/mol. The molecule has 0 aromatic carbocycles. The van der Waals surface area contributed by atoms with Gasteiger partial charge in [0, 0.05) is 18.9 Å². The summed E-state index contributed by atoms with van der Waals surface area (Å²) in [5.41, 5.74) is 1.74. The van der Waals surface area contributed by atoms with Crippen molar-refractivity contribution < 1.29 is 8.95 Å². The first-order valence-corrected chi connectivity index (χ1v) is 9.19. The van der Waals surface area contributed by atoms with Gasteiger partial charge in [0.05, 0.1) is 34.1 Å². The highest BCUT2D eigenvalue weighted by atomic mass is 32.2. The summed E-state index contributed by atoms with van der Waals surface area (Å²) < 4.78 is 24.4. The molecule has 0 amide bonds. The Morgan fingerprint density at radius 1 is 1.43 bits per heavy atom. The molecule has 8 heteroatoms. The summed E-state index contributed by atoms with van der Waals surface area (Å²) in [6, 6.07) is 3.67. The first-order chi connectivity index (χ1) is 10.8. The van der Waals surface area contributed by atoms with E-state index in [0.29, 0.717) is 12.4 Å². The number of nitrogens with zero attached hydrogens (tertiary/aromatic N) is 3. The lowest BCUT2D eigenvalue weighted by molar-refractivity contribution is 0.181. The van der Waals surface area contributed by atoms with Crippen molar-refractivity contribution >= 4 is 22.5 Å². The fraction of sp³-hybridized carbons (Fsp3) is 0.533. The molecule has 126 valence electrons. The summed E-state index contributed by atoms with van der Waals surface area (Å²) in [7, 11) is 0.488. The predicted octanol–water partition coefficient (Wildman–Crippen LogP) is 2.86. The van der Waals surface area contributed by atoms with Crippen molar-refractivity contribution in [1.82, 2.24) is 19.1 Å². The van der Waals surface area contributed by atoms with Gasteiger partial charge in [0.2, 0.25) is 0 Å². The van der Waals surface area contributed by atoms with Crippen LogP contribution >= 0.6 is 11.5 Å². The average molecular weight is 355 g/mol. The van der Waals surface area contributed by atoms with Gasteiger partial charge >= 0.3 is 0 Å². The molecule has 0 spiro atoms. The molecule has 2 rings (SSSR count). The standard InChI is InChI=1S/C15H22N4O2S2/c1-10(19-23(20)15(2,3)4)14-17-13(18-22-14)11-6-7-16-12(8-11)9-21-5/h6-8,10,19H,9H2,1-5H3/t10-,23+/m1/s1. The summed E-state index contributed by atoms with van der Waals surface area (Å²) in [6.45, 7) is 8.19. The first kappa shape index (κ1) is 18.1. The van der Waals surface area contributed by atoms with Crippen molar-refractivity contribution in [1.29, 1.82) is 0 Å². The molecule has 0 unspecified atom stereocenters. The number of hydrogen-bond donors (Lipinski definition) is 1. The molecule has 23 heavy (non-hydrogen) atoms. The molecule has 2 atom stereocenters. The summed E-state index contributed by atoms with van der Waals surface area (Å²) in [5, 5.41) is 0.808. The molecule has 2 aromatic heterocycles. The van der Waals surface area contributed by atoms with Gasteiger partial charge in [-0.1, -0.05) is 0 Å². The lowest BCUT2D eigenvalue weighted by Gasteiger charge is -2.20. The quantitative estimate of drug-likeness (QED) is 0.863. The second-order valence-electron chi connectivity index (χ2n) is 6.15. The molecule has 0 saturated heterocycles. The summed E-state index contributed by atoms with van der Waals surface area (Å²) in [6.07, 6.45) is 1.72. The van der Waals surface area contributed by atoms with Crippen LogP contribution in [0.2, 0.25) is 0 Å². The van der Waals surface area contributed by atoms with Crippen LogP contribution in [0.25, 0.3) is 11.4 Å². The zero-order chi connectivity index (χ0) is 17.0. The number of rotatable bonds is 6. The summed E-state index contributed by atoms with van der Waals surface area (Å²) in [4.78, 5) is 8.79. The maximum absolute atomic E-state index is 12.2. The second kappa shape index (κ2) is 7.57. The third kappa shape index (κ3) is 4.87. The molecule has 0 aliphatic carbocycles. The van der Waals surface area contributed by atoms with E-state index in [4.69, 9.17) is 4.74 Å². The van der Waals surface area contributed by atoms with E-state index >= 15 is 0 Å². The van der Waals surface area contributed by atoms with E-state index < -0.39 is 11.0 Å². The minimum Gasteiger partial charge on any atom is -0.378 e. The Labute approximate surface area is 143 Å². The van der Waals surface area contributed by atoms with Gasteiger partial charge < -0.3 is 4.74 Å². The van der Waals surface area contributed by atoms with E-state index in [1.54, 1.807) is 13.3 Å². The van der Waals surface area contributed by atoms with Crippen molar-refractivity contribution in [3.8, 4) is 11.4 Å². The zero-order valence-electron chi connectivity index (χ0n) is 14.0. The smallest absolute Gasteiger partial charge is 0.173 e. The third-order valence-electron chi connectivity index (χ3n) is 3.02. The first-order valence-electron chi connectivity index (χ1n) is 7.27. The summed E-state index contributed by atoms with van der Waals surface area (Å²) in [5.74, 6) is 0.653. The minimum absolute atomic E-state index is 0.124. The fourth-order valence-corrected chi connectivity index (χ4v) is 3.29. The molecule has 2 heterocycles. The van der Waals surface area contributed by atoms with E-state index in [1.165, 1.54) is 11.5 Å². The third-order valence-corrected chi connectivity index (χ3v) is 5.60. The molecule has 0 saturated carbocycles. The molecule has 0 aliphatic heterocycles. The highest BCUT2D eigenvalue weighted by molar-refractivity contribution is 7.84. The average Bonchev–Trinajstić information content (AvgIpc) is 2.97. The van der Waals surface area contributed by atoms with Crippen molar-refractivity contribution in [2.75, 3.05) is 7.11 Å². The second-order valence-corrected chi connectivity index (χ2v) is 8.93. The lowest BCUT2D eigenvalue weighted by atomic mass is 10.2. The predicted molar refractivity (Wildman–Crippen MR) is 93.3 cm³/mol. The van der Waals surface area contributed by atoms with Gasteiger partial charge in [-0.25, -0.2) is 13.9 Å². The molecule has 0 fully saturated rings. The van der Waals surface area contributed by atoms with Gasteiger partial charge in [-0.3, -0.25) is 4.98 Å². The molecule has 2 aromatic rings. The van der Waals surface area contributed by atoms with Crippen molar-refractivity contribution in [3.63, 3.8) is 0 Å². The van der Waals surface area contributed by atoms with Crippen molar-refractivity contribution in [2.45, 2.75) is 45.1 Å². The molecule has 0 bridgehead atoms. The Hall–Kier alpha value is -1.22. The molecular formula is C15H22N4O2S2. The maximum Gasteiger partial charge on any atom is 0.173 e. The highest BCUT2D eigenvalue weighted by Gasteiger charge is 2.23. The van der Waals surface area contributed by atoms with Gasteiger partial charge in [-0.2, -0.15) is 4.37 Å². The number of ether oxygens (including phenoxy) is 1. The highest BCUT2D eigenvalue weighted by Crippen LogP contribution is 2.23. The topological polar surface area (TPSA) is 77.0 Å². The Balaban J connectivity index is 2.14. The van der Waals surface area contributed by atoms with E-state index in [9.17, 15) is 4.21 Å². The van der Waals surface area contributed by atoms with Crippen LogP contribution < -0.4 is 4.72 Å². The number of aromatic nitrogens is 3. The van der Waals surface area contributed by atoms with Gasteiger partial charge in [0.1, 0.15) is 5.01 Å². The van der Waals surface area contributed by atoms with Crippen LogP contribution in [0.5, 0.6) is 0 Å². The Morgan fingerprint density at radius 3 is 2.83 bits per heavy atom. The normalized spacial score (nSPS) is 14.7. The Morgan fingerprint density at radius 2 is 2.17 bits per heavy atom. The number of pyridine rings is 1. The van der Waals surface area contributed by atoms with Gasteiger partial charge in [0.25, 0.3) is 0 Å². The fourth-order valence-electron chi connectivity index (χ4n) is 1.76. The van der Waals surface area contributed by atoms with Crippen LogP contribution in [0, 0.1) is 0 Å². The van der Waals surface area contributed by atoms with E-state index in [2.05, 4.69) is 19.1 Å². The largest absolute Gasteiger partial charge is 0.378 e. The van der Waals surface area contributed by atoms with Crippen LogP contribution in [0.4, 0.5) is 0 Å².